The first-order chi connectivity index (χ1) is 13.3. The van der Waals surface area contributed by atoms with E-state index in [4.69, 9.17) is 4.74 Å². The van der Waals surface area contributed by atoms with Gasteiger partial charge >= 0.3 is 5.97 Å². The van der Waals surface area contributed by atoms with Crippen molar-refractivity contribution in [3.8, 4) is 10.6 Å². The Kier molecular flexibility index (Phi) is 7.74. The summed E-state index contributed by atoms with van der Waals surface area (Å²) in [6.45, 7) is 8.82. The maximum absolute atomic E-state index is 14.1. The number of amides is 1. The lowest BCUT2D eigenvalue weighted by Crippen LogP contribution is -2.15. The molecule has 1 amide bonds. The first kappa shape index (κ1) is 22.1. The molecule has 0 saturated carbocycles. The number of halogens is 1. The summed E-state index contributed by atoms with van der Waals surface area (Å²) in [5.74, 6) is -1.84. The summed E-state index contributed by atoms with van der Waals surface area (Å²) in [6.07, 6.45) is 2.58. The fourth-order valence-electron chi connectivity index (χ4n) is 2.14. The summed E-state index contributed by atoms with van der Waals surface area (Å²) in [7, 11) is 2.32. The summed E-state index contributed by atoms with van der Waals surface area (Å²) < 4.78 is 19.0. The van der Waals surface area contributed by atoms with Gasteiger partial charge in [0.05, 0.1) is 28.4 Å². The van der Waals surface area contributed by atoms with E-state index in [1.807, 2.05) is 0 Å². The molecule has 2 aromatic heterocycles. The van der Waals surface area contributed by atoms with Gasteiger partial charge in [0.15, 0.2) is 5.13 Å². The number of hydrogen-bond acceptors (Lipinski definition) is 7. The molecular formula is C18H19FN3O3PS2. The minimum absolute atomic E-state index is 0.129. The molecular weight excluding hydrogens is 420 g/mol. The van der Waals surface area contributed by atoms with Crippen LogP contribution in [0.25, 0.3) is 10.6 Å². The van der Waals surface area contributed by atoms with Crippen molar-refractivity contribution in [3.63, 3.8) is 0 Å². The van der Waals surface area contributed by atoms with Crippen LogP contribution in [0.5, 0.6) is 0 Å². The van der Waals surface area contributed by atoms with Gasteiger partial charge in [-0.2, -0.15) is 0 Å². The second kappa shape index (κ2) is 9.82. The Balaban J connectivity index is 2.28. The van der Waals surface area contributed by atoms with E-state index in [1.54, 1.807) is 32.2 Å². The van der Waals surface area contributed by atoms with Crippen LogP contribution in [-0.4, -0.2) is 28.5 Å². The molecule has 0 aliphatic rings. The first-order valence-corrected chi connectivity index (χ1v) is 10.5. The highest BCUT2D eigenvalue weighted by Crippen LogP contribution is 2.34. The Morgan fingerprint density at radius 1 is 1.43 bits per heavy atom. The number of esters is 1. The van der Waals surface area contributed by atoms with Gasteiger partial charge in [-0.1, -0.05) is 24.0 Å². The van der Waals surface area contributed by atoms with E-state index in [0.29, 0.717) is 26.7 Å². The molecule has 2 heterocycles. The van der Waals surface area contributed by atoms with Gasteiger partial charge in [0.1, 0.15) is 5.83 Å². The van der Waals surface area contributed by atoms with Crippen LogP contribution in [0.2, 0.25) is 0 Å². The molecule has 0 saturated heterocycles. The number of nitrogens with one attached hydrogen (secondary N) is 1. The van der Waals surface area contributed by atoms with Crippen LogP contribution in [0.1, 0.15) is 29.3 Å². The van der Waals surface area contributed by atoms with E-state index >= 15 is 0 Å². The van der Waals surface area contributed by atoms with Crippen molar-refractivity contribution >= 4 is 48.9 Å². The monoisotopic (exact) mass is 439 g/mol. The maximum Gasteiger partial charge on any atom is 0.367 e. The van der Waals surface area contributed by atoms with Gasteiger partial charge in [-0.05, 0) is 32.2 Å². The van der Waals surface area contributed by atoms with Crippen molar-refractivity contribution in [2.45, 2.75) is 20.8 Å². The average Bonchev–Trinajstić information content (AvgIpc) is 3.28. The molecule has 0 aliphatic heterocycles. The minimum atomic E-state index is -0.729. The molecule has 28 heavy (non-hydrogen) atoms. The third-order valence-electron chi connectivity index (χ3n) is 3.45. The summed E-state index contributed by atoms with van der Waals surface area (Å²) >= 11 is 2.36. The number of aromatic nitrogens is 2. The van der Waals surface area contributed by atoms with E-state index in [2.05, 4.69) is 31.1 Å². The second-order valence-corrected chi connectivity index (χ2v) is 7.80. The molecule has 0 aromatic carbocycles. The fourth-order valence-corrected chi connectivity index (χ4v) is 4.10. The zero-order chi connectivity index (χ0) is 20.8. The third kappa shape index (κ3) is 4.98. The number of hydrogen-bond donors (Lipinski definition) is 1. The number of rotatable bonds is 7. The van der Waals surface area contributed by atoms with Crippen LogP contribution in [0.4, 0.5) is 9.52 Å². The van der Waals surface area contributed by atoms with Crippen molar-refractivity contribution in [2.24, 2.45) is 0 Å². The molecule has 1 unspecified atom stereocenters. The third-order valence-corrected chi connectivity index (χ3v) is 5.99. The number of anilines is 1. The molecule has 2 aromatic rings. The van der Waals surface area contributed by atoms with Crippen molar-refractivity contribution in [1.29, 1.82) is 0 Å². The zero-order valence-corrected chi connectivity index (χ0v) is 18.3. The van der Waals surface area contributed by atoms with E-state index in [-0.39, 0.29) is 17.2 Å². The lowest BCUT2D eigenvalue weighted by molar-refractivity contribution is -0.112. The quantitative estimate of drug-likeness (QED) is 0.288. The molecule has 0 fully saturated rings. The molecule has 0 bridgehead atoms. The Morgan fingerprint density at radius 2 is 2.14 bits per heavy atom. The zero-order valence-electron chi connectivity index (χ0n) is 15.5. The van der Waals surface area contributed by atoms with Crippen LogP contribution in [-0.2, 0) is 9.53 Å². The Bertz CT molecular complexity index is 979. The van der Waals surface area contributed by atoms with Crippen molar-refractivity contribution in [2.75, 3.05) is 11.9 Å². The molecule has 0 spiro atoms. The van der Waals surface area contributed by atoms with E-state index in [1.165, 1.54) is 22.7 Å². The molecule has 0 radical (unpaired) electrons. The number of ether oxygens (including phenoxy) is 1. The maximum atomic E-state index is 14.1. The fraction of sp³-hybridized carbons (Fsp3) is 0.222. The lowest BCUT2D eigenvalue weighted by Gasteiger charge is -2.07. The highest BCUT2D eigenvalue weighted by Gasteiger charge is 2.20. The SMILES string of the molecule is C=C/C(F)=C(C(=O)Nc1nc(C)c(-c2csc(C(=O)OCC)n2)s1)\C(P)=C/C. The molecule has 10 heteroatoms. The average molecular weight is 439 g/mol. The van der Waals surface area contributed by atoms with Crippen LogP contribution in [0.15, 0.2) is 40.8 Å². The van der Waals surface area contributed by atoms with E-state index < -0.39 is 17.7 Å². The first-order valence-electron chi connectivity index (χ1n) is 8.18. The van der Waals surface area contributed by atoms with E-state index in [9.17, 15) is 14.0 Å². The van der Waals surface area contributed by atoms with Gasteiger partial charge < -0.3 is 4.74 Å². The largest absolute Gasteiger partial charge is 0.461 e. The van der Waals surface area contributed by atoms with Crippen molar-refractivity contribution < 1.29 is 18.7 Å². The number of carbonyl (C=O) groups is 2. The van der Waals surface area contributed by atoms with Gasteiger partial charge in [0.2, 0.25) is 5.01 Å². The van der Waals surface area contributed by atoms with Gasteiger partial charge in [-0.25, -0.2) is 19.2 Å². The molecule has 0 aliphatic carbocycles. The van der Waals surface area contributed by atoms with Crippen LogP contribution < -0.4 is 5.32 Å². The Labute approximate surface area is 172 Å². The summed E-state index contributed by atoms with van der Waals surface area (Å²) in [6, 6.07) is 0. The lowest BCUT2D eigenvalue weighted by atomic mass is 10.2. The number of allylic oxidation sites excluding steroid dienone is 3. The number of thiazole rings is 2. The predicted octanol–water partition coefficient (Wildman–Crippen LogP) is 4.88. The number of nitrogens with zero attached hydrogens (tertiary/aromatic N) is 2. The van der Waals surface area contributed by atoms with Crippen LogP contribution in [0, 0.1) is 6.92 Å². The van der Waals surface area contributed by atoms with Crippen molar-refractivity contribution in [3.05, 3.63) is 51.5 Å². The van der Waals surface area contributed by atoms with Gasteiger partial charge in [0, 0.05) is 5.38 Å². The predicted molar refractivity (Wildman–Crippen MR) is 114 cm³/mol. The topological polar surface area (TPSA) is 81.2 Å². The number of carbonyl (C=O) groups excluding carboxylic acids is 2. The standard InChI is InChI=1S/C18H19FN3O3PS2/c1-5-10(19)13(12(26)6-2)15(23)22-18-20-9(4)14(28-18)11-8-27-16(21-11)17(24)25-7-3/h5-6,8H,1,7,26H2,2-4H3,(H,20,22,23)/b12-6+,13-10-. The highest BCUT2D eigenvalue weighted by atomic mass is 32.1. The molecule has 2 rings (SSSR count). The highest BCUT2D eigenvalue weighted by molar-refractivity contribution is 7.23. The summed E-state index contributed by atoms with van der Waals surface area (Å²) in [5.41, 5.74) is 1.07. The van der Waals surface area contributed by atoms with Gasteiger partial charge in [0.25, 0.3) is 5.91 Å². The summed E-state index contributed by atoms with van der Waals surface area (Å²) in [5, 5.41) is 5.28. The van der Waals surface area contributed by atoms with Gasteiger partial charge in [-0.15, -0.1) is 20.6 Å². The summed E-state index contributed by atoms with van der Waals surface area (Å²) in [4.78, 5) is 33.6. The molecule has 1 atom stereocenters. The van der Waals surface area contributed by atoms with Crippen LogP contribution >= 0.6 is 31.9 Å². The molecule has 148 valence electrons. The smallest absolute Gasteiger partial charge is 0.367 e. The van der Waals surface area contributed by atoms with Crippen LogP contribution in [0.3, 0.4) is 0 Å². The van der Waals surface area contributed by atoms with Crippen molar-refractivity contribution in [1.82, 2.24) is 9.97 Å². The second-order valence-electron chi connectivity index (χ2n) is 5.32. The number of aryl methyl sites for hydroxylation is 1. The Hall–Kier alpha value is -2.22. The van der Waals surface area contributed by atoms with Gasteiger partial charge in [-0.3, -0.25) is 10.1 Å². The van der Waals surface area contributed by atoms with E-state index in [0.717, 1.165) is 6.08 Å². The molecule has 1 N–H and O–H groups in total. The normalized spacial score (nSPS) is 12.4. The molecule has 6 nitrogen and oxygen atoms in total. The minimum Gasteiger partial charge on any atom is -0.461 e. The Morgan fingerprint density at radius 3 is 2.75 bits per heavy atom.